The molecule has 0 aromatic carbocycles. The molecule has 0 aromatic rings. The van der Waals surface area contributed by atoms with Crippen LogP contribution in [0, 0.1) is 0 Å². The van der Waals surface area contributed by atoms with Crippen LogP contribution in [0.25, 0.3) is 0 Å². The Bertz CT molecular complexity index is 282. The van der Waals surface area contributed by atoms with Crippen molar-refractivity contribution in [2.75, 3.05) is 20.2 Å². The number of hydrogen-bond acceptors (Lipinski definition) is 4. The Morgan fingerprint density at radius 1 is 1.44 bits per heavy atom. The van der Waals surface area contributed by atoms with Gasteiger partial charge in [0.2, 0.25) is 0 Å². The van der Waals surface area contributed by atoms with Crippen LogP contribution >= 0.6 is 0 Å². The Morgan fingerprint density at radius 3 is 2.56 bits per heavy atom. The highest BCUT2D eigenvalue weighted by Gasteiger charge is 2.31. The smallest absolute Gasteiger partial charge is 0.410 e. The molecule has 1 fully saturated rings. The van der Waals surface area contributed by atoms with E-state index in [1.165, 1.54) is 12.0 Å². The van der Waals surface area contributed by atoms with Crippen LogP contribution in [0.1, 0.15) is 27.2 Å². The zero-order valence-electron chi connectivity index (χ0n) is 10.3. The molecule has 0 spiro atoms. The molecule has 0 N–H and O–H groups in total. The minimum Gasteiger partial charge on any atom is -0.444 e. The van der Waals surface area contributed by atoms with Crippen LogP contribution in [0.5, 0.6) is 0 Å². The molecule has 5 heteroatoms. The first kappa shape index (κ1) is 13.0. The van der Waals surface area contributed by atoms with Crippen molar-refractivity contribution >= 4 is 11.9 Å². The van der Waals surface area contributed by atoms with Crippen molar-refractivity contribution in [2.45, 2.75) is 38.9 Å². The van der Waals surface area contributed by atoms with Crippen LogP contribution < -0.4 is 0 Å². The molecular weight excluding hydrogens is 210 g/mol. The fourth-order valence-electron chi connectivity index (χ4n) is 1.53. The lowest BCUT2D eigenvalue weighted by atomic mass is 10.1. The second-order valence-corrected chi connectivity index (χ2v) is 4.96. The van der Waals surface area contributed by atoms with E-state index in [1.54, 1.807) is 20.8 Å². The summed E-state index contributed by atoms with van der Waals surface area (Å²) < 4.78 is 10.3. The van der Waals surface area contributed by atoms with Crippen molar-refractivity contribution in [3.63, 3.8) is 0 Å². The van der Waals surface area contributed by atoms with Crippen LogP contribution in [-0.4, -0.2) is 48.7 Å². The molecule has 5 nitrogen and oxygen atoms in total. The molecule has 1 aliphatic heterocycles. The molecule has 1 aliphatic rings. The summed E-state index contributed by atoms with van der Waals surface area (Å²) in [6.07, 6.45) is -0.299. The van der Waals surface area contributed by atoms with Crippen LogP contribution in [-0.2, 0) is 14.3 Å². The summed E-state index contributed by atoms with van der Waals surface area (Å²) in [4.78, 5) is 24.5. The lowest BCUT2D eigenvalue weighted by molar-refractivity contribution is -0.126. The van der Waals surface area contributed by atoms with Gasteiger partial charge in [0, 0.05) is 13.5 Å². The van der Waals surface area contributed by atoms with Crippen molar-refractivity contribution in [2.24, 2.45) is 0 Å². The van der Waals surface area contributed by atoms with Crippen molar-refractivity contribution in [3.8, 4) is 0 Å². The summed E-state index contributed by atoms with van der Waals surface area (Å²) in [7, 11) is 1.54. The number of methoxy groups -OCH3 is 1. The largest absolute Gasteiger partial charge is 0.444 e. The first-order valence-electron chi connectivity index (χ1n) is 5.34. The van der Waals surface area contributed by atoms with Crippen LogP contribution in [0.3, 0.4) is 0 Å². The first-order chi connectivity index (χ1) is 7.31. The predicted molar refractivity (Wildman–Crippen MR) is 58.2 cm³/mol. The van der Waals surface area contributed by atoms with Crippen molar-refractivity contribution in [1.82, 2.24) is 4.90 Å². The molecule has 1 saturated heterocycles. The summed E-state index contributed by atoms with van der Waals surface area (Å²) in [5.74, 6) is 0.00367. The second-order valence-electron chi connectivity index (χ2n) is 4.96. The van der Waals surface area contributed by atoms with E-state index in [0.29, 0.717) is 13.0 Å². The van der Waals surface area contributed by atoms with E-state index in [0.717, 1.165) is 0 Å². The van der Waals surface area contributed by atoms with Crippen LogP contribution in [0.2, 0.25) is 0 Å². The molecule has 1 unspecified atom stereocenters. The third-order valence-corrected chi connectivity index (χ3v) is 2.23. The second kappa shape index (κ2) is 4.82. The predicted octanol–water partition coefficient (Wildman–Crippen LogP) is 1.21. The molecule has 0 aromatic heterocycles. The van der Waals surface area contributed by atoms with E-state index in [1.807, 2.05) is 0 Å². The van der Waals surface area contributed by atoms with E-state index >= 15 is 0 Å². The van der Waals surface area contributed by atoms with Gasteiger partial charge in [0.05, 0.1) is 19.2 Å². The lowest BCUT2D eigenvalue weighted by Crippen LogP contribution is -2.48. The molecule has 92 valence electrons. The van der Waals surface area contributed by atoms with Crippen molar-refractivity contribution in [1.29, 1.82) is 0 Å². The average molecular weight is 229 g/mol. The third kappa shape index (κ3) is 3.81. The number of rotatable bonds is 1. The molecule has 0 saturated carbocycles. The fourth-order valence-corrected chi connectivity index (χ4v) is 1.53. The number of nitrogens with zero attached hydrogens (tertiary/aromatic N) is 1. The summed E-state index contributed by atoms with van der Waals surface area (Å²) >= 11 is 0. The van der Waals surface area contributed by atoms with Gasteiger partial charge < -0.3 is 9.47 Å². The molecule has 1 heterocycles. The maximum absolute atomic E-state index is 11.7. The molecule has 1 atom stereocenters. The number of piperidine rings is 1. The third-order valence-electron chi connectivity index (χ3n) is 2.23. The van der Waals surface area contributed by atoms with Gasteiger partial charge in [-0.2, -0.15) is 0 Å². The van der Waals surface area contributed by atoms with Gasteiger partial charge in [0.15, 0.2) is 5.78 Å². The highest BCUT2D eigenvalue weighted by atomic mass is 16.6. The van der Waals surface area contributed by atoms with Gasteiger partial charge in [-0.3, -0.25) is 9.69 Å². The monoisotopic (exact) mass is 229 g/mol. The Hall–Kier alpha value is -1.10. The quantitative estimate of drug-likeness (QED) is 0.678. The van der Waals surface area contributed by atoms with Crippen LogP contribution in [0.4, 0.5) is 4.79 Å². The average Bonchev–Trinajstić information content (AvgIpc) is 2.14. The van der Waals surface area contributed by atoms with Gasteiger partial charge in [-0.1, -0.05) is 0 Å². The summed E-state index contributed by atoms with van der Waals surface area (Å²) in [6.45, 7) is 5.92. The molecule has 1 amide bonds. The van der Waals surface area contributed by atoms with Gasteiger partial charge in [-0.15, -0.1) is 0 Å². The number of hydrogen-bond donors (Lipinski definition) is 0. The van der Waals surface area contributed by atoms with E-state index in [-0.39, 0.29) is 18.4 Å². The highest BCUT2D eigenvalue weighted by molar-refractivity contribution is 5.85. The molecule has 16 heavy (non-hydrogen) atoms. The summed E-state index contributed by atoms with van der Waals surface area (Å²) in [6, 6.07) is 0. The van der Waals surface area contributed by atoms with Gasteiger partial charge >= 0.3 is 6.09 Å². The van der Waals surface area contributed by atoms with Crippen LogP contribution in [0.15, 0.2) is 0 Å². The minimum absolute atomic E-state index is 0.00367. The van der Waals surface area contributed by atoms with E-state index < -0.39 is 11.7 Å². The summed E-state index contributed by atoms with van der Waals surface area (Å²) in [5, 5.41) is 0. The fraction of sp³-hybridized carbons (Fsp3) is 0.818. The lowest BCUT2D eigenvalue weighted by Gasteiger charge is -2.32. The zero-order valence-corrected chi connectivity index (χ0v) is 10.3. The number of carbonyl (C=O) groups excluding carboxylic acids is 2. The molecule has 0 aliphatic carbocycles. The van der Waals surface area contributed by atoms with Gasteiger partial charge in [0.1, 0.15) is 5.60 Å². The SMILES string of the molecule is COC1CC(=O)CN(C(=O)OC(C)(C)C)C1. The number of ketones is 1. The molecule has 0 bridgehead atoms. The van der Waals surface area contributed by atoms with E-state index in [4.69, 9.17) is 9.47 Å². The number of amides is 1. The van der Waals surface area contributed by atoms with Gasteiger partial charge in [-0.25, -0.2) is 4.79 Å². The maximum Gasteiger partial charge on any atom is 0.410 e. The topological polar surface area (TPSA) is 55.8 Å². The van der Waals surface area contributed by atoms with Crippen molar-refractivity contribution in [3.05, 3.63) is 0 Å². The van der Waals surface area contributed by atoms with Gasteiger partial charge in [-0.05, 0) is 20.8 Å². The molecule has 0 radical (unpaired) electrons. The number of Topliss-reactive ketones (excluding diaryl/α,β-unsaturated/α-hetero) is 1. The minimum atomic E-state index is -0.542. The number of likely N-dealkylation sites (tertiary alicyclic amines) is 1. The highest BCUT2D eigenvalue weighted by Crippen LogP contribution is 2.15. The normalized spacial score (nSPS) is 22.1. The molecular formula is C11H19NO4. The zero-order chi connectivity index (χ0) is 12.3. The Morgan fingerprint density at radius 2 is 2.06 bits per heavy atom. The number of ether oxygens (including phenoxy) is 2. The number of carbonyl (C=O) groups is 2. The van der Waals surface area contributed by atoms with Gasteiger partial charge in [0.25, 0.3) is 0 Å². The Balaban J connectivity index is 2.59. The Labute approximate surface area is 95.7 Å². The first-order valence-corrected chi connectivity index (χ1v) is 5.34. The molecule has 1 rings (SSSR count). The van der Waals surface area contributed by atoms with E-state index in [9.17, 15) is 9.59 Å². The standard InChI is InChI=1S/C11H19NO4/c1-11(2,3)16-10(14)12-6-8(13)5-9(7-12)15-4/h9H,5-7H2,1-4H3. The van der Waals surface area contributed by atoms with Crippen molar-refractivity contribution < 1.29 is 19.1 Å². The van der Waals surface area contributed by atoms with E-state index in [2.05, 4.69) is 0 Å². The summed E-state index contributed by atoms with van der Waals surface area (Å²) in [5.41, 5.74) is -0.542. The Kier molecular flexibility index (Phi) is 3.91. The maximum atomic E-state index is 11.7.